The van der Waals surface area contributed by atoms with E-state index in [1.54, 1.807) is 7.11 Å². The summed E-state index contributed by atoms with van der Waals surface area (Å²) < 4.78 is 5.26. The highest BCUT2D eigenvalue weighted by atomic mass is 16.5. The van der Waals surface area contributed by atoms with Gasteiger partial charge in [-0.3, -0.25) is 4.90 Å². The van der Waals surface area contributed by atoms with Gasteiger partial charge in [0.2, 0.25) is 0 Å². The third-order valence-electron chi connectivity index (χ3n) is 3.95. The molecule has 0 aromatic heterocycles. The zero-order chi connectivity index (χ0) is 12.0. The monoisotopic (exact) mass is 228 g/mol. The molecule has 0 bridgehead atoms. The van der Waals surface area contributed by atoms with Crippen molar-refractivity contribution in [2.75, 3.05) is 26.8 Å². The van der Waals surface area contributed by atoms with Crippen molar-refractivity contribution in [1.82, 2.24) is 4.90 Å². The predicted octanol–water partition coefficient (Wildman–Crippen LogP) is 1.86. The molecule has 2 N–H and O–H groups in total. The molecule has 0 spiro atoms. The van der Waals surface area contributed by atoms with Crippen LogP contribution in [0.5, 0.6) is 0 Å². The minimum atomic E-state index is 0.476. The van der Waals surface area contributed by atoms with Crippen LogP contribution in [-0.2, 0) is 4.74 Å². The van der Waals surface area contributed by atoms with Crippen molar-refractivity contribution in [2.24, 2.45) is 11.7 Å². The lowest BCUT2D eigenvalue weighted by Crippen LogP contribution is -2.50. The maximum Gasteiger partial charge on any atom is 0.0615 e. The van der Waals surface area contributed by atoms with Gasteiger partial charge in [0, 0.05) is 25.7 Å². The van der Waals surface area contributed by atoms with Crippen LogP contribution in [0.4, 0.5) is 0 Å². The normalized spacial score (nSPS) is 21.6. The van der Waals surface area contributed by atoms with Gasteiger partial charge in [-0.2, -0.15) is 0 Å². The Morgan fingerprint density at radius 3 is 2.44 bits per heavy atom. The molecule has 3 heteroatoms. The maximum atomic E-state index is 5.98. The van der Waals surface area contributed by atoms with Gasteiger partial charge in [0.05, 0.1) is 6.61 Å². The van der Waals surface area contributed by atoms with Crippen LogP contribution in [0.1, 0.15) is 39.5 Å². The Morgan fingerprint density at radius 2 is 2.00 bits per heavy atom. The summed E-state index contributed by atoms with van der Waals surface area (Å²) in [6, 6.07) is 1.03. The van der Waals surface area contributed by atoms with Gasteiger partial charge in [0.25, 0.3) is 0 Å². The van der Waals surface area contributed by atoms with E-state index < -0.39 is 0 Å². The molecule has 0 saturated heterocycles. The molecule has 1 rings (SSSR count). The van der Waals surface area contributed by atoms with Crippen LogP contribution < -0.4 is 5.73 Å². The summed E-state index contributed by atoms with van der Waals surface area (Å²) in [7, 11) is 1.78. The highest BCUT2D eigenvalue weighted by molar-refractivity contribution is 4.85. The Balaban J connectivity index is 2.58. The quantitative estimate of drug-likeness (QED) is 0.723. The lowest BCUT2D eigenvalue weighted by Gasteiger charge is -2.38. The lowest BCUT2D eigenvalue weighted by molar-refractivity contribution is 0.0547. The van der Waals surface area contributed by atoms with E-state index >= 15 is 0 Å². The molecule has 3 nitrogen and oxygen atoms in total. The summed E-state index contributed by atoms with van der Waals surface area (Å²) in [4.78, 5) is 2.53. The van der Waals surface area contributed by atoms with Crippen molar-refractivity contribution in [3.63, 3.8) is 0 Å². The molecule has 0 aromatic carbocycles. The standard InChI is InChI=1S/C13H28N2O/c1-4-15(11(2)10-16-3)13(9-14)12-7-5-6-8-12/h11-13H,4-10,14H2,1-3H3. The summed E-state index contributed by atoms with van der Waals surface area (Å²) in [6.45, 7) is 7.13. The molecule has 0 aliphatic heterocycles. The topological polar surface area (TPSA) is 38.5 Å². The zero-order valence-corrected chi connectivity index (χ0v) is 11.1. The number of methoxy groups -OCH3 is 1. The van der Waals surface area contributed by atoms with Crippen LogP contribution in [0, 0.1) is 5.92 Å². The molecule has 16 heavy (non-hydrogen) atoms. The smallest absolute Gasteiger partial charge is 0.0615 e. The molecule has 2 atom stereocenters. The van der Waals surface area contributed by atoms with Gasteiger partial charge in [-0.15, -0.1) is 0 Å². The molecule has 1 fully saturated rings. The summed E-state index contributed by atoms with van der Waals surface area (Å²) in [6.07, 6.45) is 5.49. The first-order valence-electron chi connectivity index (χ1n) is 6.69. The molecule has 2 unspecified atom stereocenters. The molecular formula is C13H28N2O. The molecule has 0 aromatic rings. The average molecular weight is 228 g/mol. The largest absolute Gasteiger partial charge is 0.383 e. The van der Waals surface area contributed by atoms with Gasteiger partial charge in [-0.05, 0) is 32.2 Å². The van der Waals surface area contributed by atoms with Crippen LogP contribution in [0.25, 0.3) is 0 Å². The highest BCUT2D eigenvalue weighted by Crippen LogP contribution is 2.30. The van der Waals surface area contributed by atoms with Crippen LogP contribution >= 0.6 is 0 Å². The van der Waals surface area contributed by atoms with Crippen molar-refractivity contribution < 1.29 is 4.74 Å². The van der Waals surface area contributed by atoms with E-state index in [0.717, 1.165) is 25.6 Å². The summed E-state index contributed by atoms with van der Waals surface area (Å²) >= 11 is 0. The fourth-order valence-electron chi connectivity index (χ4n) is 3.15. The molecule has 0 heterocycles. The van der Waals surface area contributed by atoms with Crippen molar-refractivity contribution >= 4 is 0 Å². The molecule has 1 saturated carbocycles. The third kappa shape index (κ3) is 3.44. The van der Waals surface area contributed by atoms with E-state index in [-0.39, 0.29) is 0 Å². The molecule has 1 aliphatic rings. The van der Waals surface area contributed by atoms with Crippen LogP contribution in [-0.4, -0.2) is 43.8 Å². The van der Waals surface area contributed by atoms with Gasteiger partial charge in [0.1, 0.15) is 0 Å². The first-order valence-corrected chi connectivity index (χ1v) is 6.69. The molecule has 1 aliphatic carbocycles. The molecule has 0 amide bonds. The average Bonchev–Trinajstić information content (AvgIpc) is 2.79. The predicted molar refractivity (Wildman–Crippen MR) is 68.5 cm³/mol. The van der Waals surface area contributed by atoms with Crippen LogP contribution in [0.15, 0.2) is 0 Å². The summed E-state index contributed by atoms with van der Waals surface area (Å²) in [5, 5.41) is 0. The van der Waals surface area contributed by atoms with Crippen LogP contribution in [0.2, 0.25) is 0 Å². The Kier molecular flexibility index (Phi) is 6.32. The number of hydrogen-bond donors (Lipinski definition) is 1. The van der Waals surface area contributed by atoms with E-state index in [4.69, 9.17) is 10.5 Å². The molecule has 96 valence electrons. The lowest BCUT2D eigenvalue weighted by atomic mass is 9.95. The number of likely N-dealkylation sites (N-methyl/N-ethyl adjacent to an activating group) is 1. The number of rotatable bonds is 7. The fourth-order valence-corrected chi connectivity index (χ4v) is 3.15. The second-order valence-corrected chi connectivity index (χ2v) is 4.98. The first kappa shape index (κ1) is 13.9. The maximum absolute atomic E-state index is 5.98. The summed E-state index contributed by atoms with van der Waals surface area (Å²) in [5.74, 6) is 0.809. The van der Waals surface area contributed by atoms with Crippen LogP contribution in [0.3, 0.4) is 0 Å². The minimum Gasteiger partial charge on any atom is -0.383 e. The zero-order valence-electron chi connectivity index (χ0n) is 11.1. The third-order valence-corrected chi connectivity index (χ3v) is 3.95. The number of ether oxygens (including phenoxy) is 1. The Bertz CT molecular complexity index is 181. The second kappa shape index (κ2) is 7.25. The Hall–Kier alpha value is -0.120. The van der Waals surface area contributed by atoms with E-state index in [9.17, 15) is 0 Å². The Morgan fingerprint density at radius 1 is 1.38 bits per heavy atom. The molecular weight excluding hydrogens is 200 g/mol. The van der Waals surface area contributed by atoms with Gasteiger partial charge in [-0.1, -0.05) is 19.8 Å². The van der Waals surface area contributed by atoms with Crippen molar-refractivity contribution in [3.05, 3.63) is 0 Å². The van der Waals surface area contributed by atoms with E-state index in [2.05, 4.69) is 18.7 Å². The first-order chi connectivity index (χ1) is 7.74. The summed E-state index contributed by atoms with van der Waals surface area (Å²) in [5.41, 5.74) is 5.98. The number of nitrogens with zero attached hydrogens (tertiary/aromatic N) is 1. The van der Waals surface area contributed by atoms with Gasteiger partial charge < -0.3 is 10.5 Å². The van der Waals surface area contributed by atoms with Crippen molar-refractivity contribution in [3.8, 4) is 0 Å². The number of hydrogen-bond acceptors (Lipinski definition) is 3. The van der Waals surface area contributed by atoms with Gasteiger partial charge >= 0.3 is 0 Å². The van der Waals surface area contributed by atoms with E-state index in [1.165, 1.54) is 25.7 Å². The fraction of sp³-hybridized carbons (Fsp3) is 1.00. The van der Waals surface area contributed by atoms with Gasteiger partial charge in [-0.25, -0.2) is 0 Å². The van der Waals surface area contributed by atoms with E-state index in [1.807, 2.05) is 0 Å². The Labute approximate surface area is 100 Å². The highest BCUT2D eigenvalue weighted by Gasteiger charge is 2.30. The van der Waals surface area contributed by atoms with Gasteiger partial charge in [0.15, 0.2) is 0 Å². The molecule has 0 radical (unpaired) electrons. The second-order valence-electron chi connectivity index (χ2n) is 4.98. The minimum absolute atomic E-state index is 0.476. The SMILES string of the molecule is CCN(C(C)COC)C(CN)C1CCCC1. The van der Waals surface area contributed by atoms with Crippen molar-refractivity contribution in [1.29, 1.82) is 0 Å². The van der Waals surface area contributed by atoms with Crippen molar-refractivity contribution in [2.45, 2.75) is 51.6 Å². The van der Waals surface area contributed by atoms with E-state index in [0.29, 0.717) is 12.1 Å². The number of nitrogens with two attached hydrogens (primary N) is 1.